The summed E-state index contributed by atoms with van der Waals surface area (Å²) in [6.07, 6.45) is 2.41. The van der Waals surface area contributed by atoms with Crippen molar-refractivity contribution in [1.29, 1.82) is 0 Å². The maximum atomic E-state index is 12.1. The molecule has 0 atom stereocenters. The van der Waals surface area contributed by atoms with Crippen molar-refractivity contribution < 1.29 is 14.3 Å². The van der Waals surface area contributed by atoms with Crippen LogP contribution in [0.2, 0.25) is 5.02 Å². The predicted molar refractivity (Wildman–Crippen MR) is 110 cm³/mol. The zero-order valence-corrected chi connectivity index (χ0v) is 16.6. The van der Waals surface area contributed by atoms with Gasteiger partial charge < -0.3 is 10.5 Å². The quantitative estimate of drug-likeness (QED) is 0.613. The first-order valence-electron chi connectivity index (χ1n) is 8.43. The Kier molecular flexibility index (Phi) is 6.28. The van der Waals surface area contributed by atoms with Crippen LogP contribution < -0.4 is 15.8 Å². The number of halogens is 1. The van der Waals surface area contributed by atoms with Gasteiger partial charge in [0.2, 0.25) is 5.91 Å². The molecule has 28 heavy (non-hydrogen) atoms. The number of aryl methyl sites for hydroxylation is 1. The first-order chi connectivity index (χ1) is 13.4. The maximum absolute atomic E-state index is 12.1. The van der Waals surface area contributed by atoms with Gasteiger partial charge in [0.25, 0.3) is 5.91 Å². The van der Waals surface area contributed by atoms with Crippen LogP contribution in [0.1, 0.15) is 26.4 Å². The number of aromatic nitrogens is 1. The van der Waals surface area contributed by atoms with Crippen molar-refractivity contribution in [3.63, 3.8) is 0 Å². The van der Waals surface area contributed by atoms with Gasteiger partial charge in [-0.1, -0.05) is 29.8 Å². The first-order valence-corrected chi connectivity index (χ1v) is 9.62. The molecule has 2 amide bonds. The third kappa shape index (κ3) is 5.31. The highest BCUT2D eigenvalue weighted by Crippen LogP contribution is 2.24. The van der Waals surface area contributed by atoms with Crippen molar-refractivity contribution in [2.75, 3.05) is 11.9 Å². The molecule has 0 bridgehead atoms. The van der Waals surface area contributed by atoms with Gasteiger partial charge in [0.1, 0.15) is 5.75 Å². The van der Waals surface area contributed by atoms with Gasteiger partial charge in [-0.25, -0.2) is 4.98 Å². The highest BCUT2D eigenvalue weighted by molar-refractivity contribution is 7.15. The molecular formula is C20H18ClN3O3S. The minimum absolute atomic E-state index is 0.204. The molecule has 3 aromatic rings. The third-order valence-electron chi connectivity index (χ3n) is 3.90. The summed E-state index contributed by atoms with van der Waals surface area (Å²) in [5.74, 6) is -0.508. The van der Waals surface area contributed by atoms with E-state index in [1.165, 1.54) is 17.4 Å². The number of nitrogens with two attached hydrogens (primary N) is 1. The number of ether oxygens (including phenoxy) is 1. The fourth-order valence-electron chi connectivity index (χ4n) is 2.44. The molecule has 0 unspecified atom stereocenters. The van der Waals surface area contributed by atoms with Crippen molar-refractivity contribution in [1.82, 2.24) is 4.98 Å². The van der Waals surface area contributed by atoms with Crippen LogP contribution in [0.4, 0.5) is 5.13 Å². The zero-order valence-electron chi connectivity index (χ0n) is 15.1. The lowest BCUT2D eigenvalue weighted by Crippen LogP contribution is -2.20. The van der Waals surface area contributed by atoms with Crippen molar-refractivity contribution >= 4 is 39.9 Å². The molecule has 0 aliphatic heterocycles. The van der Waals surface area contributed by atoms with Crippen LogP contribution in [-0.4, -0.2) is 23.4 Å². The van der Waals surface area contributed by atoms with E-state index >= 15 is 0 Å². The first kappa shape index (κ1) is 19.9. The Labute approximate surface area is 171 Å². The predicted octanol–water partition coefficient (Wildman–Crippen LogP) is 3.81. The van der Waals surface area contributed by atoms with Gasteiger partial charge in [-0.05, 0) is 42.3 Å². The summed E-state index contributed by atoms with van der Waals surface area (Å²) < 4.78 is 5.40. The van der Waals surface area contributed by atoms with Crippen molar-refractivity contribution in [2.45, 2.75) is 13.3 Å². The number of rotatable bonds is 7. The number of benzene rings is 2. The average Bonchev–Trinajstić information content (AvgIpc) is 3.10. The van der Waals surface area contributed by atoms with E-state index in [9.17, 15) is 9.59 Å². The van der Waals surface area contributed by atoms with Gasteiger partial charge in [-0.3, -0.25) is 14.9 Å². The summed E-state index contributed by atoms with van der Waals surface area (Å²) in [5.41, 5.74) is 7.65. The smallest absolute Gasteiger partial charge is 0.264 e. The number of hydrogen-bond donors (Lipinski definition) is 2. The van der Waals surface area contributed by atoms with Gasteiger partial charge in [0.05, 0.1) is 0 Å². The fraction of sp³-hybridized carbons (Fsp3) is 0.150. The molecule has 0 aliphatic carbocycles. The molecule has 0 radical (unpaired) electrons. The van der Waals surface area contributed by atoms with Crippen LogP contribution >= 0.6 is 22.9 Å². The Morgan fingerprint density at radius 3 is 2.82 bits per heavy atom. The molecule has 1 aromatic heterocycles. The van der Waals surface area contributed by atoms with Gasteiger partial charge >= 0.3 is 0 Å². The normalized spacial score (nSPS) is 10.5. The summed E-state index contributed by atoms with van der Waals surface area (Å²) >= 11 is 7.55. The van der Waals surface area contributed by atoms with Gasteiger partial charge in [-0.2, -0.15) is 0 Å². The Bertz CT molecular complexity index is 1020. The molecule has 3 rings (SSSR count). The SMILES string of the molecule is Cc1ccc(Cc2cnc(NC(=O)COc3cccc(C(N)=O)c3)s2)cc1Cl. The van der Waals surface area contributed by atoms with E-state index in [0.717, 1.165) is 21.0 Å². The molecule has 6 nitrogen and oxygen atoms in total. The lowest BCUT2D eigenvalue weighted by atomic mass is 10.1. The summed E-state index contributed by atoms with van der Waals surface area (Å²) in [6.45, 7) is 1.75. The minimum atomic E-state index is -0.555. The lowest BCUT2D eigenvalue weighted by Gasteiger charge is -2.06. The van der Waals surface area contributed by atoms with Crippen LogP contribution in [-0.2, 0) is 11.2 Å². The molecule has 1 heterocycles. The Morgan fingerprint density at radius 1 is 1.25 bits per heavy atom. The molecule has 0 spiro atoms. The van der Waals surface area contributed by atoms with Crippen molar-refractivity contribution in [2.24, 2.45) is 5.73 Å². The second-order valence-corrected chi connectivity index (χ2v) is 7.64. The molecule has 3 N–H and O–H groups in total. The monoisotopic (exact) mass is 415 g/mol. The molecule has 8 heteroatoms. The van der Waals surface area contributed by atoms with Crippen LogP contribution in [0.25, 0.3) is 0 Å². The van der Waals surface area contributed by atoms with Gasteiger partial charge in [-0.15, -0.1) is 11.3 Å². The highest BCUT2D eigenvalue weighted by Gasteiger charge is 2.10. The van der Waals surface area contributed by atoms with Gasteiger partial charge in [0.15, 0.2) is 11.7 Å². The Hall–Kier alpha value is -2.90. The molecule has 2 aromatic carbocycles. The van der Waals surface area contributed by atoms with Crippen molar-refractivity contribution in [3.8, 4) is 5.75 Å². The van der Waals surface area contributed by atoms with E-state index in [1.54, 1.807) is 24.4 Å². The fourth-order valence-corrected chi connectivity index (χ4v) is 3.50. The second-order valence-electron chi connectivity index (χ2n) is 6.12. The van der Waals surface area contributed by atoms with Crippen LogP contribution in [0.3, 0.4) is 0 Å². The van der Waals surface area contributed by atoms with E-state index < -0.39 is 5.91 Å². The number of primary amides is 1. The topological polar surface area (TPSA) is 94.3 Å². The second kappa shape index (κ2) is 8.86. The largest absolute Gasteiger partial charge is 0.484 e. The number of anilines is 1. The number of hydrogen-bond acceptors (Lipinski definition) is 5. The van der Waals surface area contributed by atoms with Crippen LogP contribution in [0.5, 0.6) is 5.75 Å². The summed E-state index contributed by atoms with van der Waals surface area (Å²) in [4.78, 5) is 28.5. The summed E-state index contributed by atoms with van der Waals surface area (Å²) in [6, 6.07) is 12.3. The lowest BCUT2D eigenvalue weighted by molar-refractivity contribution is -0.118. The molecule has 0 saturated heterocycles. The number of amides is 2. The standard InChI is InChI=1S/C20H18ClN3O3S/c1-12-5-6-13(8-17(12)21)7-16-10-23-20(28-16)24-18(25)11-27-15-4-2-3-14(9-15)19(22)26/h2-6,8-10H,7,11H2,1H3,(H2,22,26)(H,23,24,25). The summed E-state index contributed by atoms with van der Waals surface area (Å²) in [5, 5.41) is 3.92. The highest BCUT2D eigenvalue weighted by atomic mass is 35.5. The van der Waals surface area contributed by atoms with E-state index in [2.05, 4.69) is 10.3 Å². The van der Waals surface area contributed by atoms with Crippen molar-refractivity contribution in [3.05, 3.63) is 75.3 Å². The van der Waals surface area contributed by atoms with E-state index in [1.807, 2.05) is 25.1 Å². The van der Waals surface area contributed by atoms with E-state index in [0.29, 0.717) is 22.9 Å². The average molecular weight is 416 g/mol. The minimum Gasteiger partial charge on any atom is -0.484 e. The summed E-state index contributed by atoms with van der Waals surface area (Å²) in [7, 11) is 0. The Balaban J connectivity index is 1.54. The zero-order chi connectivity index (χ0) is 20.1. The van der Waals surface area contributed by atoms with Gasteiger partial charge in [0, 0.05) is 28.1 Å². The molecule has 144 valence electrons. The van der Waals surface area contributed by atoms with E-state index in [4.69, 9.17) is 22.1 Å². The Morgan fingerprint density at radius 2 is 2.07 bits per heavy atom. The molecule has 0 aliphatic rings. The molecule has 0 fully saturated rings. The number of carbonyl (C=O) groups is 2. The molecule has 0 saturated carbocycles. The number of nitrogens with zero attached hydrogens (tertiary/aromatic N) is 1. The third-order valence-corrected chi connectivity index (χ3v) is 5.22. The van der Waals surface area contributed by atoms with Crippen LogP contribution in [0.15, 0.2) is 48.7 Å². The molecular weight excluding hydrogens is 398 g/mol. The number of carbonyl (C=O) groups excluding carboxylic acids is 2. The van der Waals surface area contributed by atoms with E-state index in [-0.39, 0.29) is 12.5 Å². The maximum Gasteiger partial charge on any atom is 0.264 e. The number of thiazole rings is 1. The van der Waals surface area contributed by atoms with Crippen LogP contribution in [0, 0.1) is 6.92 Å². The number of nitrogens with one attached hydrogen (secondary N) is 1.